The van der Waals surface area contributed by atoms with Crippen LogP contribution in [0.5, 0.6) is 0 Å². The lowest BCUT2D eigenvalue weighted by atomic mass is 10.1. The van der Waals surface area contributed by atoms with Gasteiger partial charge in [-0.3, -0.25) is 9.80 Å². The van der Waals surface area contributed by atoms with Crippen LogP contribution in [0.1, 0.15) is 25.7 Å². The molecular formula is C12H24N2O2. The Balaban J connectivity index is 1.83. The second-order valence-electron chi connectivity index (χ2n) is 5.02. The summed E-state index contributed by atoms with van der Waals surface area (Å²) in [5.74, 6) is 0. The van der Waals surface area contributed by atoms with Crippen LogP contribution in [0.15, 0.2) is 0 Å². The Hall–Kier alpha value is -0.160. The van der Waals surface area contributed by atoms with Crippen LogP contribution >= 0.6 is 0 Å². The van der Waals surface area contributed by atoms with E-state index in [-0.39, 0.29) is 12.7 Å². The molecule has 16 heavy (non-hydrogen) atoms. The van der Waals surface area contributed by atoms with Gasteiger partial charge in [0.25, 0.3) is 0 Å². The summed E-state index contributed by atoms with van der Waals surface area (Å²) in [5.41, 5.74) is 0. The highest BCUT2D eigenvalue weighted by molar-refractivity contribution is 4.86. The third-order valence-electron chi connectivity index (χ3n) is 3.95. The van der Waals surface area contributed by atoms with Crippen molar-refractivity contribution in [2.24, 2.45) is 0 Å². The Bertz CT molecular complexity index is 213. The molecule has 0 bridgehead atoms. The predicted octanol–water partition coefficient (Wildman–Crippen LogP) is -0.100. The van der Waals surface area contributed by atoms with E-state index in [4.69, 9.17) is 5.11 Å². The van der Waals surface area contributed by atoms with Gasteiger partial charge in [0.05, 0.1) is 12.7 Å². The second kappa shape index (κ2) is 5.96. The Morgan fingerprint density at radius 1 is 1.00 bits per heavy atom. The van der Waals surface area contributed by atoms with Gasteiger partial charge in [-0.15, -0.1) is 0 Å². The Morgan fingerprint density at radius 3 is 2.56 bits per heavy atom. The molecule has 0 radical (unpaired) electrons. The normalized spacial score (nSPS) is 34.1. The number of rotatable bonds is 3. The maximum Gasteiger partial charge on any atom is 0.0695 e. The Labute approximate surface area is 97.9 Å². The largest absolute Gasteiger partial charge is 0.395 e. The minimum Gasteiger partial charge on any atom is -0.395 e. The van der Waals surface area contributed by atoms with Crippen LogP contribution in [-0.4, -0.2) is 71.5 Å². The second-order valence-corrected chi connectivity index (χ2v) is 5.02. The highest BCUT2D eigenvalue weighted by Gasteiger charge is 2.31. The molecule has 2 atom stereocenters. The van der Waals surface area contributed by atoms with Crippen molar-refractivity contribution in [3.8, 4) is 0 Å². The van der Waals surface area contributed by atoms with Crippen molar-refractivity contribution in [1.82, 2.24) is 9.80 Å². The summed E-state index contributed by atoms with van der Waals surface area (Å²) in [6.45, 7) is 5.31. The molecule has 0 aromatic carbocycles. The lowest BCUT2D eigenvalue weighted by Crippen LogP contribution is -2.42. The minimum absolute atomic E-state index is 0.107. The van der Waals surface area contributed by atoms with Crippen molar-refractivity contribution in [2.75, 3.05) is 39.3 Å². The molecule has 2 rings (SSSR count). The van der Waals surface area contributed by atoms with Gasteiger partial charge in [-0.2, -0.15) is 0 Å². The lowest BCUT2D eigenvalue weighted by Gasteiger charge is -2.29. The maximum absolute atomic E-state index is 9.91. The molecule has 2 N–H and O–H groups in total. The van der Waals surface area contributed by atoms with E-state index in [2.05, 4.69) is 9.80 Å². The summed E-state index contributed by atoms with van der Waals surface area (Å²) in [5, 5.41) is 18.8. The van der Waals surface area contributed by atoms with Crippen LogP contribution in [-0.2, 0) is 0 Å². The van der Waals surface area contributed by atoms with Crippen molar-refractivity contribution in [3.63, 3.8) is 0 Å². The van der Waals surface area contributed by atoms with Gasteiger partial charge in [-0.25, -0.2) is 0 Å². The molecule has 1 heterocycles. The smallest absolute Gasteiger partial charge is 0.0695 e. The lowest BCUT2D eigenvalue weighted by molar-refractivity contribution is 0.0723. The van der Waals surface area contributed by atoms with E-state index in [9.17, 15) is 5.11 Å². The highest BCUT2D eigenvalue weighted by Crippen LogP contribution is 2.24. The monoisotopic (exact) mass is 228 g/mol. The van der Waals surface area contributed by atoms with Crippen LogP contribution in [0.2, 0.25) is 0 Å². The van der Waals surface area contributed by atoms with E-state index >= 15 is 0 Å². The van der Waals surface area contributed by atoms with Gasteiger partial charge in [0, 0.05) is 25.7 Å². The van der Waals surface area contributed by atoms with Crippen LogP contribution in [0.25, 0.3) is 0 Å². The third kappa shape index (κ3) is 2.94. The molecule has 0 unspecified atom stereocenters. The van der Waals surface area contributed by atoms with Gasteiger partial charge >= 0.3 is 0 Å². The molecular weight excluding hydrogens is 204 g/mol. The van der Waals surface area contributed by atoms with Crippen LogP contribution in [0, 0.1) is 0 Å². The summed E-state index contributed by atoms with van der Waals surface area (Å²) in [7, 11) is 0. The van der Waals surface area contributed by atoms with E-state index in [1.54, 1.807) is 0 Å². The number of β-amino-alcohol motifs (C(OH)–C–C–N with tert-alkyl or cyclic N) is 1. The highest BCUT2D eigenvalue weighted by atomic mass is 16.3. The molecule has 4 heteroatoms. The third-order valence-corrected chi connectivity index (χ3v) is 3.95. The average Bonchev–Trinajstić information content (AvgIpc) is 2.57. The minimum atomic E-state index is -0.107. The number of nitrogens with zero attached hydrogens (tertiary/aromatic N) is 2. The van der Waals surface area contributed by atoms with Gasteiger partial charge in [-0.05, 0) is 38.8 Å². The molecule has 1 aliphatic carbocycles. The quantitative estimate of drug-likeness (QED) is 0.708. The summed E-state index contributed by atoms with van der Waals surface area (Å²) in [4.78, 5) is 4.77. The Kier molecular flexibility index (Phi) is 4.58. The zero-order chi connectivity index (χ0) is 11.4. The fourth-order valence-electron chi connectivity index (χ4n) is 3.03. The number of hydrogen-bond acceptors (Lipinski definition) is 4. The fraction of sp³-hybridized carbons (Fsp3) is 1.00. The van der Waals surface area contributed by atoms with Crippen LogP contribution < -0.4 is 0 Å². The first-order valence-electron chi connectivity index (χ1n) is 6.56. The number of aliphatic hydroxyl groups excluding tert-OH is 2. The molecule has 0 aromatic rings. The molecule has 1 saturated carbocycles. The van der Waals surface area contributed by atoms with Gasteiger partial charge in [-0.1, -0.05) is 0 Å². The standard InChI is InChI=1S/C12H24N2O2/c15-10-9-13-5-2-6-14(8-7-13)11-3-1-4-12(11)16/h11-12,15-16H,1-10H2/t11-,12-/m1/s1. The molecule has 1 saturated heterocycles. The van der Waals surface area contributed by atoms with E-state index in [0.717, 1.165) is 52.0 Å². The topological polar surface area (TPSA) is 46.9 Å². The van der Waals surface area contributed by atoms with E-state index in [0.29, 0.717) is 6.04 Å². The van der Waals surface area contributed by atoms with Gasteiger partial charge in [0.2, 0.25) is 0 Å². The first kappa shape index (κ1) is 12.3. The first-order valence-corrected chi connectivity index (χ1v) is 6.56. The van der Waals surface area contributed by atoms with Crippen molar-refractivity contribution >= 4 is 0 Å². The first-order chi connectivity index (χ1) is 7.81. The molecule has 0 aromatic heterocycles. The molecule has 2 fully saturated rings. The van der Waals surface area contributed by atoms with Crippen molar-refractivity contribution in [3.05, 3.63) is 0 Å². The number of hydrogen-bond donors (Lipinski definition) is 2. The summed E-state index contributed by atoms with van der Waals surface area (Å²) in [6.07, 6.45) is 4.35. The predicted molar refractivity (Wildman–Crippen MR) is 63.4 cm³/mol. The van der Waals surface area contributed by atoms with Gasteiger partial charge < -0.3 is 10.2 Å². The summed E-state index contributed by atoms with van der Waals surface area (Å²) < 4.78 is 0. The number of aliphatic hydroxyl groups is 2. The molecule has 2 aliphatic rings. The fourth-order valence-corrected chi connectivity index (χ4v) is 3.03. The van der Waals surface area contributed by atoms with Crippen molar-refractivity contribution in [2.45, 2.75) is 37.8 Å². The molecule has 4 nitrogen and oxygen atoms in total. The molecule has 0 amide bonds. The maximum atomic E-state index is 9.91. The van der Waals surface area contributed by atoms with Crippen molar-refractivity contribution < 1.29 is 10.2 Å². The van der Waals surface area contributed by atoms with E-state index in [1.807, 2.05) is 0 Å². The van der Waals surface area contributed by atoms with Gasteiger partial charge in [0.1, 0.15) is 0 Å². The summed E-state index contributed by atoms with van der Waals surface area (Å²) >= 11 is 0. The Morgan fingerprint density at radius 2 is 1.88 bits per heavy atom. The van der Waals surface area contributed by atoms with Crippen LogP contribution in [0.4, 0.5) is 0 Å². The summed E-state index contributed by atoms with van der Waals surface area (Å²) in [6, 6.07) is 0.397. The molecule has 94 valence electrons. The SMILES string of the molecule is OCCN1CCCN([C@@H]2CCC[C@H]2O)CC1. The van der Waals surface area contributed by atoms with Gasteiger partial charge in [0.15, 0.2) is 0 Å². The molecule has 1 aliphatic heterocycles. The average molecular weight is 228 g/mol. The van der Waals surface area contributed by atoms with Crippen molar-refractivity contribution in [1.29, 1.82) is 0 Å². The van der Waals surface area contributed by atoms with E-state index in [1.165, 1.54) is 6.42 Å². The zero-order valence-electron chi connectivity index (χ0n) is 10.0. The van der Waals surface area contributed by atoms with E-state index < -0.39 is 0 Å². The zero-order valence-corrected chi connectivity index (χ0v) is 10.0. The molecule has 0 spiro atoms. The van der Waals surface area contributed by atoms with Crippen LogP contribution in [0.3, 0.4) is 0 Å².